The molecule has 6 nitrogen and oxygen atoms in total. The van der Waals surface area contributed by atoms with Crippen LogP contribution in [0, 0.1) is 13.8 Å². The highest BCUT2D eigenvalue weighted by Gasteiger charge is 2.26. The average Bonchev–Trinajstić information content (AvgIpc) is 3.47. The number of nitrogens with zero attached hydrogens (tertiary/aromatic N) is 4. The predicted molar refractivity (Wildman–Crippen MR) is 115 cm³/mol. The van der Waals surface area contributed by atoms with Crippen molar-refractivity contribution in [2.45, 2.75) is 45.8 Å². The summed E-state index contributed by atoms with van der Waals surface area (Å²) in [6.45, 7) is 9.82. The molecular weight excluding hydrogens is 386 g/mol. The normalized spacial score (nSPS) is 18.2. The van der Waals surface area contributed by atoms with Crippen LogP contribution >= 0.6 is 11.6 Å². The Kier molecular flexibility index (Phi) is 6.23. The molecule has 1 aliphatic carbocycles. The molecule has 2 aliphatic rings. The maximum atomic E-state index is 12.0. The van der Waals surface area contributed by atoms with Gasteiger partial charge in [0.2, 0.25) is 5.91 Å². The van der Waals surface area contributed by atoms with Crippen LogP contribution in [0.1, 0.15) is 35.2 Å². The summed E-state index contributed by atoms with van der Waals surface area (Å²) in [5.41, 5.74) is 4.55. The van der Waals surface area contributed by atoms with E-state index in [4.69, 9.17) is 11.6 Å². The quantitative estimate of drug-likeness (QED) is 0.755. The smallest absolute Gasteiger partial charge is 0.234 e. The molecule has 2 aromatic rings. The van der Waals surface area contributed by atoms with Crippen LogP contribution in [-0.4, -0.2) is 64.3 Å². The third kappa shape index (κ3) is 5.38. The summed E-state index contributed by atoms with van der Waals surface area (Å²) < 4.78 is 1.90. The first kappa shape index (κ1) is 20.4. The molecule has 2 heterocycles. The van der Waals surface area contributed by atoms with E-state index in [1.165, 1.54) is 11.1 Å². The van der Waals surface area contributed by atoms with E-state index in [1.807, 2.05) is 11.6 Å². The van der Waals surface area contributed by atoms with Crippen LogP contribution in [0.4, 0.5) is 0 Å². The average molecular weight is 416 g/mol. The molecule has 1 saturated heterocycles. The van der Waals surface area contributed by atoms with Crippen LogP contribution in [0.15, 0.2) is 24.3 Å². The van der Waals surface area contributed by atoms with Crippen LogP contribution in [-0.2, 0) is 17.9 Å². The van der Waals surface area contributed by atoms with Crippen LogP contribution in [0.25, 0.3) is 0 Å². The molecule has 1 aromatic heterocycles. The number of carbonyl (C=O) groups excluding carboxylic acids is 1. The van der Waals surface area contributed by atoms with Crippen molar-refractivity contribution in [3.63, 3.8) is 0 Å². The van der Waals surface area contributed by atoms with Crippen molar-refractivity contribution in [1.82, 2.24) is 24.9 Å². The minimum atomic E-state index is 0.164. The first-order valence-corrected chi connectivity index (χ1v) is 10.9. The number of halogens is 1. The van der Waals surface area contributed by atoms with Gasteiger partial charge in [0.25, 0.3) is 0 Å². The summed E-state index contributed by atoms with van der Waals surface area (Å²) in [7, 11) is 0. The molecule has 1 N–H and O–H groups in total. The van der Waals surface area contributed by atoms with Gasteiger partial charge in [-0.15, -0.1) is 0 Å². The number of hydrogen-bond donors (Lipinski definition) is 1. The molecule has 0 unspecified atom stereocenters. The Morgan fingerprint density at radius 2 is 1.72 bits per heavy atom. The number of carbonyl (C=O) groups is 1. The molecule has 0 atom stereocenters. The monoisotopic (exact) mass is 415 g/mol. The summed E-state index contributed by atoms with van der Waals surface area (Å²) >= 11 is 6.69. The van der Waals surface area contributed by atoms with E-state index < -0.39 is 0 Å². The van der Waals surface area contributed by atoms with Crippen LogP contribution < -0.4 is 5.32 Å². The zero-order valence-electron chi connectivity index (χ0n) is 17.3. The molecule has 7 heteroatoms. The van der Waals surface area contributed by atoms with Gasteiger partial charge in [-0.05, 0) is 32.3 Å². The second kappa shape index (κ2) is 8.86. The zero-order valence-corrected chi connectivity index (χ0v) is 18.1. The van der Waals surface area contributed by atoms with E-state index in [0.29, 0.717) is 19.1 Å². The van der Waals surface area contributed by atoms with Crippen LogP contribution in [0.3, 0.4) is 0 Å². The number of aromatic nitrogens is 2. The lowest BCUT2D eigenvalue weighted by molar-refractivity contribution is -0.122. The third-order valence-corrected chi connectivity index (χ3v) is 6.22. The maximum Gasteiger partial charge on any atom is 0.234 e. The van der Waals surface area contributed by atoms with Gasteiger partial charge in [0.15, 0.2) is 0 Å². The lowest BCUT2D eigenvalue weighted by Gasteiger charge is -2.34. The lowest BCUT2D eigenvalue weighted by atomic mass is 10.1. The van der Waals surface area contributed by atoms with Crippen LogP contribution in [0.5, 0.6) is 0 Å². The van der Waals surface area contributed by atoms with Crippen molar-refractivity contribution in [1.29, 1.82) is 0 Å². The molecule has 1 aliphatic heterocycles. The molecule has 1 amide bonds. The molecule has 156 valence electrons. The Balaban J connectivity index is 1.31. The number of nitrogens with one attached hydrogen (secondary N) is 1. The highest BCUT2D eigenvalue weighted by molar-refractivity contribution is 6.30. The Bertz CT molecular complexity index is 851. The summed E-state index contributed by atoms with van der Waals surface area (Å²) in [6.07, 6.45) is 2.27. The molecular formula is C22H30ClN5O. The fraction of sp³-hybridized carbons (Fsp3) is 0.545. The topological polar surface area (TPSA) is 53.4 Å². The van der Waals surface area contributed by atoms with Gasteiger partial charge in [0.05, 0.1) is 18.8 Å². The van der Waals surface area contributed by atoms with Crippen molar-refractivity contribution in [2.75, 3.05) is 32.7 Å². The Morgan fingerprint density at radius 1 is 1.07 bits per heavy atom. The highest BCUT2D eigenvalue weighted by atomic mass is 35.5. The minimum Gasteiger partial charge on any atom is -0.352 e. The number of aryl methyl sites for hydroxylation is 2. The van der Waals surface area contributed by atoms with Gasteiger partial charge >= 0.3 is 0 Å². The van der Waals surface area contributed by atoms with E-state index in [2.05, 4.69) is 51.4 Å². The summed E-state index contributed by atoms with van der Waals surface area (Å²) in [4.78, 5) is 16.6. The molecule has 4 rings (SSSR count). The lowest BCUT2D eigenvalue weighted by Crippen LogP contribution is -2.49. The predicted octanol–water partition coefficient (Wildman–Crippen LogP) is 2.60. The molecule has 1 saturated carbocycles. The number of hydrogen-bond acceptors (Lipinski definition) is 4. The fourth-order valence-electron chi connectivity index (χ4n) is 3.77. The Labute approximate surface area is 177 Å². The van der Waals surface area contributed by atoms with Crippen molar-refractivity contribution >= 4 is 17.5 Å². The van der Waals surface area contributed by atoms with Gasteiger partial charge in [-0.3, -0.25) is 14.6 Å². The van der Waals surface area contributed by atoms with Gasteiger partial charge < -0.3 is 5.32 Å². The van der Waals surface area contributed by atoms with E-state index in [0.717, 1.165) is 62.0 Å². The Hall–Kier alpha value is -1.89. The van der Waals surface area contributed by atoms with E-state index in [1.54, 1.807) is 0 Å². The fourth-order valence-corrected chi connectivity index (χ4v) is 4.07. The van der Waals surface area contributed by atoms with Crippen molar-refractivity contribution in [2.24, 2.45) is 0 Å². The third-order valence-electron chi connectivity index (χ3n) is 5.79. The second-order valence-corrected chi connectivity index (χ2v) is 8.75. The van der Waals surface area contributed by atoms with Gasteiger partial charge in [-0.1, -0.05) is 41.4 Å². The maximum absolute atomic E-state index is 12.0. The number of amides is 1. The first-order chi connectivity index (χ1) is 14.0. The van der Waals surface area contributed by atoms with Crippen molar-refractivity contribution in [3.8, 4) is 0 Å². The van der Waals surface area contributed by atoms with Crippen molar-refractivity contribution < 1.29 is 4.79 Å². The number of piperazine rings is 1. The summed E-state index contributed by atoms with van der Waals surface area (Å²) in [5, 5.41) is 8.48. The minimum absolute atomic E-state index is 0.164. The number of rotatable bonds is 7. The van der Waals surface area contributed by atoms with E-state index >= 15 is 0 Å². The van der Waals surface area contributed by atoms with Gasteiger partial charge in [-0.25, -0.2) is 4.68 Å². The van der Waals surface area contributed by atoms with E-state index in [9.17, 15) is 4.79 Å². The molecule has 0 radical (unpaired) electrons. The second-order valence-electron chi connectivity index (χ2n) is 8.39. The number of benzene rings is 1. The van der Waals surface area contributed by atoms with Crippen molar-refractivity contribution in [3.05, 3.63) is 51.8 Å². The van der Waals surface area contributed by atoms with Gasteiger partial charge in [-0.2, -0.15) is 5.10 Å². The summed E-state index contributed by atoms with van der Waals surface area (Å²) in [6, 6.07) is 8.92. The highest BCUT2D eigenvalue weighted by Crippen LogP contribution is 2.23. The molecule has 29 heavy (non-hydrogen) atoms. The molecule has 1 aromatic carbocycles. The summed E-state index contributed by atoms with van der Waals surface area (Å²) in [5.74, 6) is 0.164. The first-order valence-electron chi connectivity index (χ1n) is 10.5. The SMILES string of the molecule is Cc1ccc(Cn2nc(C)c(CN3CCN(CC(=O)NC4CC4)CC3)c2Cl)cc1. The molecule has 0 spiro atoms. The standard InChI is InChI=1S/C22H30ClN5O/c1-16-3-5-18(6-4-16)13-28-22(23)20(17(2)25-28)14-26-9-11-27(12-10-26)15-21(29)24-19-7-8-19/h3-6,19H,7-15H2,1-2H3,(H,24,29). The molecule has 0 bridgehead atoms. The Morgan fingerprint density at radius 3 is 2.38 bits per heavy atom. The largest absolute Gasteiger partial charge is 0.352 e. The van der Waals surface area contributed by atoms with Crippen LogP contribution in [0.2, 0.25) is 5.15 Å². The van der Waals surface area contributed by atoms with Gasteiger partial charge in [0.1, 0.15) is 5.15 Å². The molecule has 2 fully saturated rings. The van der Waals surface area contributed by atoms with Gasteiger partial charge in [0, 0.05) is 44.3 Å². The zero-order chi connectivity index (χ0) is 20.4. The van der Waals surface area contributed by atoms with E-state index in [-0.39, 0.29) is 5.91 Å².